The van der Waals surface area contributed by atoms with E-state index in [1.807, 2.05) is 24.3 Å². The van der Waals surface area contributed by atoms with E-state index in [1.54, 1.807) is 0 Å². The number of fused-ring (bicyclic) bond motifs is 6. The third-order valence-corrected chi connectivity index (χ3v) is 15.3. The maximum atomic E-state index is 6.50. The molecular formula is C54H61Cl3N6O2. The number of morpholine rings is 2. The molecule has 4 aromatic carbocycles. The highest BCUT2D eigenvalue weighted by Crippen LogP contribution is 2.50. The quantitative estimate of drug-likeness (QED) is 0.188. The zero-order valence-electron chi connectivity index (χ0n) is 38.3. The summed E-state index contributed by atoms with van der Waals surface area (Å²) in [7, 11) is 0. The van der Waals surface area contributed by atoms with E-state index in [4.69, 9.17) is 49.3 Å². The summed E-state index contributed by atoms with van der Waals surface area (Å²) in [4.78, 5) is 17.2. The number of benzene rings is 4. The smallest absolute Gasteiger partial charge is 0.0727 e. The number of nitrogens with zero attached hydrogens (tertiary/aromatic N) is 5. The molecule has 0 atom stereocenters. The Bertz CT molecular complexity index is 2740. The van der Waals surface area contributed by atoms with Gasteiger partial charge in [-0.05, 0) is 134 Å². The topological polar surface area (TPSA) is 66.0 Å². The van der Waals surface area contributed by atoms with Crippen molar-refractivity contribution >= 4 is 85.0 Å². The van der Waals surface area contributed by atoms with Gasteiger partial charge in [0.2, 0.25) is 0 Å². The maximum absolute atomic E-state index is 6.50. The molecule has 6 aromatic rings. The van der Waals surface area contributed by atoms with Crippen LogP contribution in [0.3, 0.4) is 0 Å². The van der Waals surface area contributed by atoms with Crippen molar-refractivity contribution in [3.8, 4) is 0 Å². The molecule has 0 unspecified atom stereocenters. The van der Waals surface area contributed by atoms with Crippen molar-refractivity contribution in [2.45, 2.75) is 89.9 Å². The molecule has 6 heterocycles. The number of rotatable bonds is 3. The van der Waals surface area contributed by atoms with Gasteiger partial charge >= 0.3 is 0 Å². The molecule has 0 radical (unpaired) electrons. The molecule has 4 aliphatic heterocycles. The summed E-state index contributed by atoms with van der Waals surface area (Å²) in [5.74, 6) is 0. The molecule has 65 heavy (non-hydrogen) atoms. The molecule has 11 heteroatoms. The Morgan fingerprint density at radius 1 is 0.569 bits per heavy atom. The second kappa shape index (κ2) is 18.4. The van der Waals surface area contributed by atoms with Crippen LogP contribution in [0, 0.1) is 0 Å². The van der Waals surface area contributed by atoms with Crippen molar-refractivity contribution < 1.29 is 9.47 Å². The monoisotopic (exact) mass is 930 g/mol. The van der Waals surface area contributed by atoms with E-state index < -0.39 is 0 Å². The lowest BCUT2D eigenvalue weighted by Gasteiger charge is -2.31. The van der Waals surface area contributed by atoms with E-state index in [9.17, 15) is 0 Å². The Hall–Kier alpha value is -4.31. The fraction of sp³-hybridized carbons (Fsp3) is 0.444. The minimum atomic E-state index is 0.0780. The van der Waals surface area contributed by atoms with Gasteiger partial charge in [0, 0.05) is 105 Å². The van der Waals surface area contributed by atoms with Gasteiger partial charge in [-0.3, -0.25) is 9.97 Å². The van der Waals surface area contributed by atoms with E-state index >= 15 is 0 Å². The lowest BCUT2D eigenvalue weighted by Crippen LogP contribution is -2.36. The molecule has 8 nitrogen and oxygen atoms in total. The van der Waals surface area contributed by atoms with Gasteiger partial charge in [-0.15, -0.1) is 0 Å². The SMILES string of the molecule is CC1(C)CN(c2c3c(nc4ccc(Cl)cc24)CCCC3)c2cc(N3CCOCC3)ccc21.CC1(C)CNc2cc(N3CCOCC3)ccc21.Clc1ccc2nc3c(c(Cl)c2c1)CCCC3. The van der Waals surface area contributed by atoms with Gasteiger partial charge in [-0.2, -0.15) is 0 Å². The standard InChI is InChI=1S/C27H30ClN3O.C14H20N2O.C13H11Cl2N/c1-27(2)17-31(25-16-19(8-9-22(25)27)30-11-13-32-14-12-30)26-20-5-3-4-6-23(20)29-24-10-7-18(28)15-21(24)26;1-14(2)10-15-13-9-11(3-4-12(13)14)16-5-7-17-8-6-16;14-8-5-6-12-10(7-8)13(15)9-3-1-2-4-11(9)16-12/h7-10,15-16H,3-6,11-14,17H2,1-2H3;3-4,9,15H,5-8,10H2,1-2H3;5-7H,1-4H2. The summed E-state index contributed by atoms with van der Waals surface area (Å²) in [6.45, 7) is 18.5. The average molecular weight is 932 g/mol. The summed E-state index contributed by atoms with van der Waals surface area (Å²) in [5.41, 5.74) is 16.9. The molecule has 0 saturated carbocycles. The van der Waals surface area contributed by atoms with Gasteiger partial charge in [0.25, 0.3) is 0 Å². The molecule has 0 bridgehead atoms. The van der Waals surface area contributed by atoms with Crippen LogP contribution in [0.2, 0.25) is 15.1 Å². The molecule has 0 amide bonds. The number of aromatic nitrogens is 2. The first-order chi connectivity index (χ1) is 31.4. The van der Waals surface area contributed by atoms with Crippen LogP contribution in [-0.4, -0.2) is 75.7 Å². The minimum Gasteiger partial charge on any atom is -0.384 e. The maximum Gasteiger partial charge on any atom is 0.0727 e. The Morgan fingerprint density at radius 2 is 1.11 bits per heavy atom. The van der Waals surface area contributed by atoms with E-state index in [0.29, 0.717) is 5.02 Å². The molecule has 2 saturated heterocycles. The van der Waals surface area contributed by atoms with Gasteiger partial charge in [-0.1, -0.05) is 74.6 Å². The van der Waals surface area contributed by atoms with Crippen molar-refractivity contribution in [1.29, 1.82) is 0 Å². The Balaban J connectivity index is 0.000000127. The van der Waals surface area contributed by atoms with Crippen molar-refractivity contribution in [3.63, 3.8) is 0 Å². The van der Waals surface area contributed by atoms with Crippen molar-refractivity contribution in [2.75, 3.05) is 85.7 Å². The number of halogens is 3. The molecule has 2 aliphatic carbocycles. The van der Waals surface area contributed by atoms with Crippen LogP contribution in [0.5, 0.6) is 0 Å². The fourth-order valence-corrected chi connectivity index (χ4v) is 11.5. The van der Waals surface area contributed by atoms with Crippen molar-refractivity contribution in [3.05, 3.63) is 122 Å². The predicted molar refractivity (Wildman–Crippen MR) is 272 cm³/mol. The Kier molecular flexibility index (Phi) is 12.6. The normalized spacial score (nSPS) is 19.3. The number of nitrogens with one attached hydrogen (secondary N) is 1. The first-order valence-corrected chi connectivity index (χ1v) is 24.9. The van der Waals surface area contributed by atoms with Crippen LogP contribution in [0.4, 0.5) is 28.4 Å². The Labute approximate surface area is 399 Å². The first-order valence-electron chi connectivity index (χ1n) is 23.8. The summed E-state index contributed by atoms with van der Waals surface area (Å²) < 4.78 is 11.0. The highest BCUT2D eigenvalue weighted by atomic mass is 35.5. The van der Waals surface area contributed by atoms with E-state index in [2.05, 4.69) is 101 Å². The van der Waals surface area contributed by atoms with Gasteiger partial charge < -0.3 is 29.5 Å². The van der Waals surface area contributed by atoms with Crippen LogP contribution in [0.15, 0.2) is 72.8 Å². The number of hydrogen-bond acceptors (Lipinski definition) is 8. The summed E-state index contributed by atoms with van der Waals surface area (Å²) >= 11 is 18.9. The largest absolute Gasteiger partial charge is 0.384 e. The minimum absolute atomic E-state index is 0.0780. The molecule has 340 valence electrons. The summed E-state index contributed by atoms with van der Waals surface area (Å²) in [6, 6.07) is 25.7. The fourth-order valence-electron chi connectivity index (χ4n) is 10.8. The number of anilines is 5. The third-order valence-electron chi connectivity index (χ3n) is 14.4. The molecule has 0 spiro atoms. The lowest BCUT2D eigenvalue weighted by molar-refractivity contribution is 0.122. The zero-order valence-corrected chi connectivity index (χ0v) is 40.6. The van der Waals surface area contributed by atoms with Crippen LogP contribution >= 0.6 is 34.8 Å². The molecule has 12 rings (SSSR count). The Morgan fingerprint density at radius 3 is 1.75 bits per heavy atom. The van der Waals surface area contributed by atoms with Crippen LogP contribution in [0.1, 0.15) is 87.0 Å². The van der Waals surface area contributed by atoms with Crippen LogP contribution in [-0.2, 0) is 46.0 Å². The molecule has 2 fully saturated rings. The van der Waals surface area contributed by atoms with Crippen molar-refractivity contribution in [1.82, 2.24) is 9.97 Å². The number of pyridine rings is 2. The second-order valence-corrected chi connectivity index (χ2v) is 21.1. The van der Waals surface area contributed by atoms with Gasteiger partial charge in [-0.25, -0.2) is 0 Å². The second-order valence-electron chi connectivity index (χ2n) is 19.8. The molecule has 6 aliphatic rings. The highest BCUT2D eigenvalue weighted by Gasteiger charge is 2.38. The number of ether oxygens (including phenoxy) is 2. The number of hydrogen-bond donors (Lipinski definition) is 1. The van der Waals surface area contributed by atoms with Crippen molar-refractivity contribution in [2.24, 2.45) is 0 Å². The summed E-state index contributed by atoms with van der Waals surface area (Å²) in [6.07, 6.45) is 9.13. The third kappa shape index (κ3) is 8.99. The number of aryl methyl sites for hydroxylation is 2. The van der Waals surface area contributed by atoms with E-state index in [-0.39, 0.29) is 10.8 Å². The van der Waals surface area contributed by atoms with E-state index in [0.717, 1.165) is 118 Å². The average Bonchev–Trinajstić information content (AvgIpc) is 3.79. The molecule has 2 aromatic heterocycles. The van der Waals surface area contributed by atoms with Crippen LogP contribution < -0.4 is 20.0 Å². The lowest BCUT2D eigenvalue weighted by atomic mass is 9.87. The van der Waals surface area contributed by atoms with Gasteiger partial charge in [0.05, 0.1) is 48.2 Å². The molecular weight excluding hydrogens is 871 g/mol. The predicted octanol–water partition coefficient (Wildman–Crippen LogP) is 12.7. The van der Waals surface area contributed by atoms with E-state index in [1.165, 1.54) is 93.1 Å². The van der Waals surface area contributed by atoms with Gasteiger partial charge in [0.1, 0.15) is 0 Å². The van der Waals surface area contributed by atoms with Gasteiger partial charge in [0.15, 0.2) is 0 Å². The molecule has 1 N–H and O–H groups in total. The van der Waals surface area contributed by atoms with Crippen LogP contribution in [0.25, 0.3) is 21.8 Å². The highest BCUT2D eigenvalue weighted by molar-refractivity contribution is 6.37. The summed E-state index contributed by atoms with van der Waals surface area (Å²) in [5, 5.41) is 8.01. The zero-order chi connectivity index (χ0) is 44.9. The first kappa shape index (κ1) is 44.5.